The Hall–Kier alpha value is -1.16. The lowest BCUT2D eigenvalue weighted by Gasteiger charge is -2.14. The second kappa shape index (κ2) is 9.32. The third kappa shape index (κ3) is 4.78. The molecule has 3 rings (SSSR count). The van der Waals surface area contributed by atoms with Crippen molar-refractivity contribution >= 4 is 67.2 Å². The van der Waals surface area contributed by atoms with Crippen LogP contribution in [-0.4, -0.2) is 31.4 Å². The maximum atomic E-state index is 12.5. The Kier molecular flexibility index (Phi) is 7.75. The molecule has 2 aromatic carbocycles. The highest BCUT2D eigenvalue weighted by Gasteiger charge is 2.22. The van der Waals surface area contributed by atoms with Crippen molar-refractivity contribution in [3.05, 3.63) is 62.2 Å². The molecule has 0 aliphatic rings. The van der Waals surface area contributed by atoms with Gasteiger partial charge in [-0.25, -0.2) is 17.7 Å². The summed E-state index contributed by atoms with van der Waals surface area (Å²) in [5, 5.41) is 2.79. The minimum absolute atomic E-state index is 0. The van der Waals surface area contributed by atoms with Crippen LogP contribution < -0.4 is 4.80 Å². The van der Waals surface area contributed by atoms with Gasteiger partial charge in [-0.05, 0) is 36.8 Å². The summed E-state index contributed by atoms with van der Waals surface area (Å²) in [6.45, 7) is 1.92. The van der Waals surface area contributed by atoms with Crippen LogP contribution in [0, 0.1) is 6.92 Å². The maximum absolute atomic E-state index is 12.5. The van der Waals surface area contributed by atoms with E-state index in [4.69, 9.17) is 28.2 Å². The molecule has 0 N–H and O–H groups in total. The van der Waals surface area contributed by atoms with Crippen molar-refractivity contribution in [2.45, 2.75) is 11.8 Å². The number of rotatable bonds is 4. The zero-order chi connectivity index (χ0) is 20.6. The van der Waals surface area contributed by atoms with E-state index in [9.17, 15) is 8.42 Å². The summed E-state index contributed by atoms with van der Waals surface area (Å²) in [6, 6.07) is 10.6. The van der Waals surface area contributed by atoms with Crippen LogP contribution in [0.3, 0.4) is 0 Å². The highest BCUT2D eigenvalue weighted by Crippen LogP contribution is 2.30. The molecule has 0 saturated carbocycles. The average Bonchev–Trinajstić information content (AvgIpc) is 3.00. The van der Waals surface area contributed by atoms with Crippen molar-refractivity contribution in [1.29, 1.82) is 0 Å². The van der Waals surface area contributed by atoms with Crippen LogP contribution in [0.5, 0.6) is 0 Å². The van der Waals surface area contributed by atoms with Gasteiger partial charge in [-0.15, -0.1) is 28.3 Å². The van der Waals surface area contributed by atoms with Crippen molar-refractivity contribution in [3.8, 4) is 11.3 Å². The molecular formula is C19H20BrCl2N3O2S2. The first-order valence-electron chi connectivity index (χ1n) is 8.29. The normalized spacial score (nSPS) is 12.3. The lowest BCUT2D eigenvalue weighted by molar-refractivity contribution is 0.521. The predicted octanol–water partition coefficient (Wildman–Crippen LogP) is 5.43. The van der Waals surface area contributed by atoms with Crippen LogP contribution >= 0.6 is 51.5 Å². The Morgan fingerprint density at radius 2 is 1.79 bits per heavy atom. The third-order valence-corrected chi connectivity index (χ3v) is 7.99. The van der Waals surface area contributed by atoms with Crippen LogP contribution in [-0.2, 0) is 17.1 Å². The Labute approximate surface area is 195 Å². The molecule has 0 saturated heterocycles. The molecular weight excluding hydrogens is 517 g/mol. The van der Waals surface area contributed by atoms with E-state index >= 15 is 0 Å². The second-order valence-electron chi connectivity index (χ2n) is 6.39. The summed E-state index contributed by atoms with van der Waals surface area (Å²) in [7, 11) is 1.20. The molecule has 0 aliphatic heterocycles. The minimum atomic E-state index is -3.65. The van der Waals surface area contributed by atoms with E-state index in [0.29, 0.717) is 5.02 Å². The minimum Gasteiger partial charge on any atom is -0.320 e. The average molecular weight is 537 g/mol. The summed E-state index contributed by atoms with van der Waals surface area (Å²) in [4.78, 5) is 5.56. The van der Waals surface area contributed by atoms with Gasteiger partial charge in [-0.3, -0.25) is 0 Å². The van der Waals surface area contributed by atoms with Crippen LogP contribution in [0.2, 0.25) is 10.0 Å². The number of halogens is 3. The highest BCUT2D eigenvalue weighted by atomic mass is 79.9. The summed E-state index contributed by atoms with van der Waals surface area (Å²) >= 11 is 13.8. The highest BCUT2D eigenvalue weighted by molar-refractivity contribution is 8.93. The summed E-state index contributed by atoms with van der Waals surface area (Å²) in [5.41, 5.74) is 3.29. The Balaban J connectivity index is 0.00000300. The van der Waals surface area contributed by atoms with E-state index in [1.165, 1.54) is 25.4 Å². The fourth-order valence-electron chi connectivity index (χ4n) is 2.61. The molecule has 0 bridgehead atoms. The number of nitrogens with zero attached hydrogens (tertiary/aromatic N) is 3. The Bertz CT molecular complexity index is 1220. The van der Waals surface area contributed by atoms with E-state index in [0.717, 1.165) is 31.6 Å². The summed E-state index contributed by atoms with van der Waals surface area (Å²) in [6.07, 6.45) is 0. The van der Waals surface area contributed by atoms with Crippen molar-refractivity contribution in [3.63, 3.8) is 0 Å². The Morgan fingerprint density at radius 3 is 2.45 bits per heavy atom. The molecule has 0 radical (unpaired) electrons. The number of benzene rings is 2. The van der Waals surface area contributed by atoms with Gasteiger partial charge in [0.05, 0.1) is 16.4 Å². The first-order chi connectivity index (χ1) is 13.1. The Morgan fingerprint density at radius 1 is 1.10 bits per heavy atom. The predicted molar refractivity (Wildman–Crippen MR) is 126 cm³/mol. The van der Waals surface area contributed by atoms with Gasteiger partial charge in [0.2, 0.25) is 10.0 Å². The topological polar surface area (TPSA) is 54.7 Å². The van der Waals surface area contributed by atoms with Gasteiger partial charge in [0.25, 0.3) is 0 Å². The van der Waals surface area contributed by atoms with Crippen LogP contribution in [0.25, 0.3) is 11.3 Å². The van der Waals surface area contributed by atoms with Gasteiger partial charge in [0.15, 0.2) is 4.80 Å². The fraction of sp³-hybridized carbons (Fsp3) is 0.211. The number of hydrogen-bond donors (Lipinski definition) is 0. The fourth-order valence-corrected chi connectivity index (χ4v) is 5.09. The zero-order valence-electron chi connectivity index (χ0n) is 16.2. The first-order valence-corrected chi connectivity index (χ1v) is 11.4. The van der Waals surface area contributed by atoms with Gasteiger partial charge in [-0.1, -0.05) is 35.3 Å². The molecule has 0 amide bonds. The van der Waals surface area contributed by atoms with E-state index in [-0.39, 0.29) is 26.9 Å². The van der Waals surface area contributed by atoms with Crippen molar-refractivity contribution in [2.24, 2.45) is 12.0 Å². The van der Waals surface area contributed by atoms with E-state index < -0.39 is 10.0 Å². The maximum Gasteiger partial charge on any atom is 0.244 e. The standard InChI is InChI=1S/C19H19Cl2N3O2S2.BrH/c1-12-14(20)6-5-7-16(12)22-19-24(4)17(11-27-19)13-8-9-15(21)18(10-13)28(25,26)23(2)3;/h5-11H,1-4H3;1H. The van der Waals surface area contributed by atoms with Crippen LogP contribution in [0.1, 0.15) is 5.56 Å². The largest absolute Gasteiger partial charge is 0.320 e. The van der Waals surface area contributed by atoms with E-state index in [2.05, 4.69) is 0 Å². The van der Waals surface area contributed by atoms with Gasteiger partial charge in [0, 0.05) is 37.1 Å². The van der Waals surface area contributed by atoms with E-state index in [1.54, 1.807) is 18.2 Å². The lowest BCUT2D eigenvalue weighted by Crippen LogP contribution is -2.22. The molecule has 156 valence electrons. The van der Waals surface area contributed by atoms with Crippen LogP contribution in [0.4, 0.5) is 5.69 Å². The van der Waals surface area contributed by atoms with E-state index in [1.807, 2.05) is 42.1 Å². The molecule has 0 unspecified atom stereocenters. The summed E-state index contributed by atoms with van der Waals surface area (Å²) in [5.74, 6) is 0. The van der Waals surface area contributed by atoms with Gasteiger partial charge in [0.1, 0.15) is 4.90 Å². The van der Waals surface area contributed by atoms with Crippen LogP contribution in [0.15, 0.2) is 51.7 Å². The monoisotopic (exact) mass is 535 g/mol. The molecule has 1 heterocycles. The molecule has 5 nitrogen and oxygen atoms in total. The molecule has 29 heavy (non-hydrogen) atoms. The van der Waals surface area contributed by atoms with Crippen molar-refractivity contribution in [2.75, 3.05) is 14.1 Å². The molecule has 0 atom stereocenters. The SMILES string of the molecule is Br.Cc1c(Cl)cccc1N=c1scc(-c2ccc(Cl)c(S(=O)(=O)N(C)C)c2)n1C. The third-order valence-electron chi connectivity index (χ3n) is 4.37. The smallest absolute Gasteiger partial charge is 0.244 e. The molecule has 1 aromatic heterocycles. The lowest BCUT2D eigenvalue weighted by atomic mass is 10.2. The molecule has 10 heteroatoms. The number of hydrogen-bond acceptors (Lipinski definition) is 4. The summed E-state index contributed by atoms with van der Waals surface area (Å²) < 4.78 is 28.2. The quantitative estimate of drug-likeness (QED) is 0.446. The molecule has 0 fully saturated rings. The number of thiazole rings is 1. The molecule has 3 aromatic rings. The number of sulfonamides is 1. The van der Waals surface area contributed by atoms with Crippen molar-refractivity contribution < 1.29 is 8.42 Å². The zero-order valence-corrected chi connectivity index (χ0v) is 21.0. The van der Waals surface area contributed by atoms with Crippen molar-refractivity contribution in [1.82, 2.24) is 8.87 Å². The van der Waals surface area contributed by atoms with Gasteiger partial charge in [-0.2, -0.15) is 0 Å². The second-order valence-corrected chi connectivity index (χ2v) is 10.2. The van der Waals surface area contributed by atoms with Gasteiger partial charge >= 0.3 is 0 Å². The van der Waals surface area contributed by atoms with Gasteiger partial charge < -0.3 is 4.57 Å². The number of aromatic nitrogens is 1. The molecule has 0 spiro atoms. The first kappa shape index (κ1) is 24.1. The molecule has 0 aliphatic carbocycles.